The van der Waals surface area contributed by atoms with Gasteiger partial charge in [-0.2, -0.15) is 0 Å². The Hall–Kier alpha value is -1.47. The molecule has 1 rings (SSSR count). The number of halogens is 1. The van der Waals surface area contributed by atoms with Crippen LogP contribution in [0.3, 0.4) is 0 Å². The summed E-state index contributed by atoms with van der Waals surface area (Å²) in [4.78, 5) is -0.455. The van der Waals surface area contributed by atoms with Crippen LogP contribution in [0.4, 0.5) is 4.39 Å². The van der Waals surface area contributed by atoms with E-state index in [1.807, 2.05) is 0 Å². The molecule has 7 heteroatoms. The minimum atomic E-state index is -3.98. The molecule has 88 valence electrons. The van der Waals surface area contributed by atoms with Gasteiger partial charge in [0.25, 0.3) is 0 Å². The maximum Gasteiger partial charge on any atom is 0.244 e. The van der Waals surface area contributed by atoms with E-state index in [0.29, 0.717) is 0 Å². The first kappa shape index (κ1) is 12.6. The van der Waals surface area contributed by atoms with Crippen LogP contribution < -0.4 is 10.5 Å². The van der Waals surface area contributed by atoms with Crippen molar-refractivity contribution in [3.63, 3.8) is 0 Å². The first-order valence-electron chi connectivity index (χ1n) is 4.45. The minimum absolute atomic E-state index is 0.333. The quantitative estimate of drug-likeness (QED) is 0.530. The molecule has 5 nitrogen and oxygen atoms in total. The Bertz CT molecular complexity index is 501. The summed E-state index contributed by atoms with van der Waals surface area (Å²) in [6.45, 7) is 1.40. The fourth-order valence-corrected chi connectivity index (χ4v) is 2.32. The summed E-state index contributed by atoms with van der Waals surface area (Å²) < 4.78 is 38.7. The third-order valence-corrected chi connectivity index (χ3v) is 3.50. The molecule has 0 aromatic heterocycles. The van der Waals surface area contributed by atoms with E-state index in [2.05, 4.69) is 4.72 Å². The molecule has 0 saturated carbocycles. The lowest BCUT2D eigenvalue weighted by Gasteiger charge is -2.12. The molecule has 1 unspecified atom stereocenters. The maximum absolute atomic E-state index is 13.2. The number of nitrogens with two attached hydrogens (primary N) is 1. The van der Waals surface area contributed by atoms with Crippen molar-refractivity contribution < 1.29 is 12.8 Å². The van der Waals surface area contributed by atoms with Crippen LogP contribution in [-0.4, -0.2) is 20.3 Å². The zero-order chi connectivity index (χ0) is 12.3. The van der Waals surface area contributed by atoms with Gasteiger partial charge in [-0.15, -0.1) is 0 Å². The molecule has 0 bridgehead atoms. The molecule has 0 aliphatic carbocycles. The predicted molar refractivity (Wildman–Crippen MR) is 58.1 cm³/mol. The summed E-state index contributed by atoms with van der Waals surface area (Å²) in [6.07, 6.45) is 0. The van der Waals surface area contributed by atoms with Gasteiger partial charge in [0.05, 0.1) is 6.04 Å². The van der Waals surface area contributed by atoms with E-state index in [9.17, 15) is 12.8 Å². The molecule has 0 aliphatic heterocycles. The average molecular weight is 245 g/mol. The predicted octanol–water partition coefficient (Wildman–Crippen LogP) is 0.428. The molecule has 0 amide bonds. The van der Waals surface area contributed by atoms with Crippen LogP contribution in [0.15, 0.2) is 29.2 Å². The molecular formula is C9H12FN3O2S. The molecular weight excluding hydrogens is 233 g/mol. The lowest BCUT2D eigenvalue weighted by molar-refractivity contribution is 0.554. The van der Waals surface area contributed by atoms with Crippen molar-refractivity contribution in [2.45, 2.75) is 17.9 Å². The summed E-state index contributed by atoms with van der Waals surface area (Å²) in [7, 11) is -3.98. The fourth-order valence-electron chi connectivity index (χ4n) is 1.02. The Morgan fingerprint density at radius 3 is 2.56 bits per heavy atom. The number of rotatable bonds is 4. The number of hydrogen-bond acceptors (Lipinski definition) is 3. The molecule has 4 N–H and O–H groups in total. The van der Waals surface area contributed by atoms with Crippen LogP contribution in [0.1, 0.15) is 6.92 Å². The third kappa shape index (κ3) is 2.77. The average Bonchev–Trinajstić information content (AvgIpc) is 2.17. The Labute approximate surface area is 93.0 Å². The molecule has 1 aromatic carbocycles. The van der Waals surface area contributed by atoms with E-state index in [1.165, 1.54) is 19.1 Å². The second-order valence-electron chi connectivity index (χ2n) is 3.23. The summed E-state index contributed by atoms with van der Waals surface area (Å²) >= 11 is 0. The molecule has 0 radical (unpaired) electrons. The van der Waals surface area contributed by atoms with Gasteiger partial charge >= 0.3 is 0 Å². The van der Waals surface area contributed by atoms with Gasteiger partial charge in [-0.05, 0) is 19.1 Å². The molecule has 0 saturated heterocycles. The molecule has 16 heavy (non-hydrogen) atoms. The van der Waals surface area contributed by atoms with Crippen LogP contribution in [0.2, 0.25) is 0 Å². The van der Waals surface area contributed by atoms with E-state index in [-0.39, 0.29) is 5.84 Å². The Morgan fingerprint density at radius 2 is 2.06 bits per heavy atom. The van der Waals surface area contributed by atoms with Crippen LogP contribution in [0, 0.1) is 11.2 Å². The Morgan fingerprint density at radius 1 is 1.50 bits per heavy atom. The number of amidine groups is 1. The summed E-state index contributed by atoms with van der Waals surface area (Å²) in [5, 5.41) is 7.05. The van der Waals surface area contributed by atoms with Gasteiger partial charge < -0.3 is 5.73 Å². The van der Waals surface area contributed by atoms with Crippen molar-refractivity contribution in [2.24, 2.45) is 5.73 Å². The van der Waals surface area contributed by atoms with Crippen LogP contribution in [0.25, 0.3) is 0 Å². The van der Waals surface area contributed by atoms with E-state index in [4.69, 9.17) is 11.1 Å². The second kappa shape index (κ2) is 4.58. The Balaban J connectivity index is 3.04. The van der Waals surface area contributed by atoms with E-state index in [0.717, 1.165) is 12.1 Å². The highest BCUT2D eigenvalue weighted by Crippen LogP contribution is 2.13. The lowest BCUT2D eigenvalue weighted by atomic mass is 10.3. The number of hydrogen-bond donors (Lipinski definition) is 3. The van der Waals surface area contributed by atoms with Gasteiger partial charge in [-0.3, -0.25) is 5.41 Å². The Kier molecular flexibility index (Phi) is 3.61. The summed E-state index contributed by atoms with van der Waals surface area (Å²) in [5.74, 6) is -1.18. The maximum atomic E-state index is 13.2. The van der Waals surface area contributed by atoms with Gasteiger partial charge in [-0.25, -0.2) is 17.5 Å². The first-order valence-corrected chi connectivity index (χ1v) is 5.93. The summed E-state index contributed by atoms with van der Waals surface area (Å²) in [6, 6.07) is 4.13. The van der Waals surface area contributed by atoms with Gasteiger partial charge in [0, 0.05) is 0 Å². The monoisotopic (exact) mass is 245 g/mol. The number of sulfonamides is 1. The highest BCUT2D eigenvalue weighted by Gasteiger charge is 2.21. The van der Waals surface area contributed by atoms with Gasteiger partial charge in [-0.1, -0.05) is 12.1 Å². The van der Waals surface area contributed by atoms with Crippen LogP contribution in [-0.2, 0) is 10.0 Å². The van der Waals surface area contributed by atoms with Crippen molar-refractivity contribution in [1.29, 1.82) is 5.41 Å². The molecule has 0 spiro atoms. The van der Waals surface area contributed by atoms with Crippen molar-refractivity contribution >= 4 is 15.9 Å². The van der Waals surface area contributed by atoms with Crippen molar-refractivity contribution in [3.8, 4) is 0 Å². The SMILES string of the molecule is CC(NS(=O)(=O)c1ccccc1F)C(=N)N. The molecule has 0 aliphatic rings. The first-order chi connectivity index (χ1) is 7.34. The number of benzene rings is 1. The smallest absolute Gasteiger partial charge is 0.244 e. The van der Waals surface area contributed by atoms with E-state index < -0.39 is 26.8 Å². The van der Waals surface area contributed by atoms with E-state index >= 15 is 0 Å². The summed E-state index contributed by atoms with van der Waals surface area (Å²) in [5.41, 5.74) is 5.12. The number of nitrogens with one attached hydrogen (secondary N) is 2. The van der Waals surface area contributed by atoms with Crippen molar-refractivity contribution in [2.75, 3.05) is 0 Å². The van der Waals surface area contributed by atoms with Gasteiger partial charge in [0.2, 0.25) is 10.0 Å². The normalized spacial score (nSPS) is 13.4. The largest absolute Gasteiger partial charge is 0.386 e. The van der Waals surface area contributed by atoms with Crippen molar-refractivity contribution in [3.05, 3.63) is 30.1 Å². The second-order valence-corrected chi connectivity index (χ2v) is 4.91. The third-order valence-electron chi connectivity index (χ3n) is 1.92. The van der Waals surface area contributed by atoms with Crippen molar-refractivity contribution in [1.82, 2.24) is 4.72 Å². The molecule has 1 aromatic rings. The van der Waals surface area contributed by atoms with Crippen LogP contribution >= 0.6 is 0 Å². The topological polar surface area (TPSA) is 96.0 Å². The zero-order valence-electron chi connectivity index (χ0n) is 8.57. The standard InChI is InChI=1S/C9H12FN3O2S/c1-6(9(11)12)13-16(14,15)8-5-3-2-4-7(8)10/h2-6,13H,1H3,(H3,11,12). The van der Waals surface area contributed by atoms with E-state index in [1.54, 1.807) is 0 Å². The molecule has 0 fully saturated rings. The van der Waals surface area contributed by atoms with Gasteiger partial charge in [0.1, 0.15) is 16.5 Å². The molecule has 1 atom stereocenters. The minimum Gasteiger partial charge on any atom is -0.386 e. The van der Waals surface area contributed by atoms with Gasteiger partial charge in [0.15, 0.2) is 0 Å². The van der Waals surface area contributed by atoms with Crippen LogP contribution in [0.5, 0.6) is 0 Å². The lowest BCUT2D eigenvalue weighted by Crippen LogP contribution is -2.41. The highest BCUT2D eigenvalue weighted by atomic mass is 32.2. The fraction of sp³-hybridized carbons (Fsp3) is 0.222. The molecule has 0 heterocycles. The highest BCUT2D eigenvalue weighted by molar-refractivity contribution is 7.89. The zero-order valence-corrected chi connectivity index (χ0v) is 9.38.